The predicted octanol–water partition coefficient (Wildman–Crippen LogP) is 4.11. The van der Waals surface area contributed by atoms with Crippen LogP contribution in [-0.4, -0.2) is 36.4 Å². The van der Waals surface area contributed by atoms with Crippen molar-refractivity contribution in [2.24, 2.45) is 0 Å². The Morgan fingerprint density at radius 2 is 1.81 bits per heavy atom. The summed E-state index contributed by atoms with van der Waals surface area (Å²) in [4.78, 5) is 12.5. The molecular weight excluding hydrogens is 446 g/mol. The van der Waals surface area contributed by atoms with Crippen LogP contribution >= 0.6 is 11.6 Å². The van der Waals surface area contributed by atoms with Crippen LogP contribution in [0.25, 0.3) is 5.69 Å². The van der Waals surface area contributed by atoms with Gasteiger partial charge in [0.1, 0.15) is 0 Å². The molecule has 0 radical (unpaired) electrons. The Kier molecular flexibility index (Phi) is 7.74. The largest absolute Gasteiger partial charge is 0.356 e. The van der Waals surface area contributed by atoms with E-state index in [1.165, 1.54) is 0 Å². The number of amides is 1. The second kappa shape index (κ2) is 10.3. The number of nitrogens with one attached hydrogen (secondary N) is 1. The van der Waals surface area contributed by atoms with Gasteiger partial charge in [0, 0.05) is 22.8 Å². The van der Waals surface area contributed by atoms with Crippen molar-refractivity contribution in [2.75, 3.05) is 12.3 Å². The van der Waals surface area contributed by atoms with Gasteiger partial charge in [0.2, 0.25) is 5.91 Å². The molecule has 1 N–H and O–H groups in total. The van der Waals surface area contributed by atoms with Crippen molar-refractivity contribution in [3.8, 4) is 5.69 Å². The lowest BCUT2D eigenvalue weighted by Gasteiger charge is -2.08. The van der Waals surface area contributed by atoms with Gasteiger partial charge in [0.05, 0.1) is 29.3 Å². The van der Waals surface area contributed by atoms with E-state index in [9.17, 15) is 13.2 Å². The fourth-order valence-electron chi connectivity index (χ4n) is 3.54. The summed E-state index contributed by atoms with van der Waals surface area (Å²) >= 11 is 6.25. The van der Waals surface area contributed by atoms with Gasteiger partial charge in [-0.25, -0.2) is 13.1 Å². The summed E-state index contributed by atoms with van der Waals surface area (Å²) in [5.41, 5.74) is 5.12. The topological polar surface area (TPSA) is 81.1 Å². The van der Waals surface area contributed by atoms with Gasteiger partial charge < -0.3 is 5.32 Å². The minimum absolute atomic E-state index is 0.0163. The maximum Gasteiger partial charge on any atom is 0.224 e. The first-order chi connectivity index (χ1) is 15.2. The van der Waals surface area contributed by atoms with Gasteiger partial charge in [-0.2, -0.15) is 5.10 Å². The van der Waals surface area contributed by atoms with E-state index in [1.807, 2.05) is 57.2 Å². The summed E-state index contributed by atoms with van der Waals surface area (Å²) < 4.78 is 26.3. The molecule has 0 aliphatic heterocycles. The third-order valence-electron chi connectivity index (χ3n) is 5.36. The van der Waals surface area contributed by atoms with Crippen molar-refractivity contribution in [3.05, 3.63) is 81.6 Å². The lowest BCUT2D eigenvalue weighted by molar-refractivity contribution is -0.120. The molecule has 0 bridgehead atoms. The summed E-state index contributed by atoms with van der Waals surface area (Å²) in [6.07, 6.45) is 0.564. The van der Waals surface area contributed by atoms with Crippen LogP contribution in [-0.2, 0) is 26.8 Å². The Balaban J connectivity index is 1.54. The first kappa shape index (κ1) is 24.0. The second-order valence-electron chi connectivity index (χ2n) is 7.95. The molecular formula is C24H28ClN3O3S. The van der Waals surface area contributed by atoms with Gasteiger partial charge in [-0.3, -0.25) is 4.79 Å². The zero-order chi connectivity index (χ0) is 23.3. The van der Waals surface area contributed by atoms with E-state index < -0.39 is 9.84 Å². The van der Waals surface area contributed by atoms with Gasteiger partial charge in [0.25, 0.3) is 0 Å². The van der Waals surface area contributed by atoms with Crippen LogP contribution in [0.3, 0.4) is 0 Å². The average Bonchev–Trinajstić information content (AvgIpc) is 3.02. The zero-order valence-corrected chi connectivity index (χ0v) is 20.1. The molecule has 3 aromatic rings. The van der Waals surface area contributed by atoms with Gasteiger partial charge in [0.15, 0.2) is 9.84 Å². The highest BCUT2D eigenvalue weighted by Crippen LogP contribution is 2.23. The monoisotopic (exact) mass is 473 g/mol. The number of halogens is 1. The highest BCUT2D eigenvalue weighted by Gasteiger charge is 2.17. The van der Waals surface area contributed by atoms with E-state index in [1.54, 1.807) is 16.8 Å². The van der Waals surface area contributed by atoms with Crippen molar-refractivity contribution >= 4 is 27.3 Å². The Bertz CT molecular complexity index is 1200. The fraction of sp³-hybridized carbons (Fsp3) is 0.333. The van der Waals surface area contributed by atoms with Crippen LogP contribution < -0.4 is 5.32 Å². The molecule has 6 nitrogen and oxygen atoms in total. The first-order valence-corrected chi connectivity index (χ1v) is 12.7. The molecule has 1 aromatic heterocycles. The Labute approximate surface area is 194 Å². The van der Waals surface area contributed by atoms with Crippen LogP contribution in [0, 0.1) is 20.8 Å². The molecule has 0 atom stereocenters. The van der Waals surface area contributed by atoms with Gasteiger partial charge in [-0.15, -0.1) is 0 Å². The van der Waals surface area contributed by atoms with Crippen molar-refractivity contribution < 1.29 is 13.2 Å². The highest BCUT2D eigenvalue weighted by molar-refractivity contribution is 7.90. The Hall–Kier alpha value is -2.64. The fourth-order valence-corrected chi connectivity index (χ4v) is 5.14. The van der Waals surface area contributed by atoms with E-state index in [2.05, 4.69) is 10.4 Å². The predicted molar refractivity (Wildman–Crippen MR) is 128 cm³/mol. The minimum Gasteiger partial charge on any atom is -0.356 e. The van der Waals surface area contributed by atoms with Crippen LogP contribution in [0.5, 0.6) is 0 Å². The third kappa shape index (κ3) is 6.20. The molecule has 32 heavy (non-hydrogen) atoms. The van der Waals surface area contributed by atoms with Crippen molar-refractivity contribution in [3.63, 3.8) is 0 Å². The molecule has 0 saturated heterocycles. The molecule has 0 aliphatic rings. The Morgan fingerprint density at radius 3 is 2.50 bits per heavy atom. The van der Waals surface area contributed by atoms with E-state index in [4.69, 9.17) is 11.6 Å². The third-order valence-corrected chi connectivity index (χ3v) is 7.45. The number of benzene rings is 2. The quantitative estimate of drug-likeness (QED) is 0.474. The zero-order valence-electron chi connectivity index (χ0n) is 18.6. The van der Waals surface area contributed by atoms with Gasteiger partial charge in [-0.1, -0.05) is 48.0 Å². The maximum absolute atomic E-state index is 12.5. The normalized spacial score (nSPS) is 11.5. The lowest BCUT2D eigenvalue weighted by Crippen LogP contribution is -2.28. The number of nitrogens with zero attached hydrogens (tertiary/aromatic N) is 2. The molecule has 2 aromatic carbocycles. The van der Waals surface area contributed by atoms with E-state index in [0.29, 0.717) is 18.0 Å². The molecule has 1 amide bonds. The second-order valence-corrected chi connectivity index (χ2v) is 10.5. The van der Waals surface area contributed by atoms with Crippen molar-refractivity contribution in [2.45, 2.75) is 39.4 Å². The first-order valence-electron chi connectivity index (χ1n) is 10.5. The number of hydrogen-bond acceptors (Lipinski definition) is 4. The number of aromatic nitrogens is 2. The number of carbonyl (C=O) groups excluding carboxylic acids is 1. The van der Waals surface area contributed by atoms with Crippen molar-refractivity contribution in [1.29, 1.82) is 0 Å². The van der Waals surface area contributed by atoms with Gasteiger partial charge in [-0.05, 0) is 50.5 Å². The number of carbonyl (C=O) groups is 1. The van der Waals surface area contributed by atoms with E-state index >= 15 is 0 Å². The van der Waals surface area contributed by atoms with Crippen LogP contribution in [0.2, 0.25) is 5.02 Å². The van der Waals surface area contributed by atoms with Gasteiger partial charge >= 0.3 is 0 Å². The number of rotatable bonds is 9. The molecule has 170 valence electrons. The van der Waals surface area contributed by atoms with E-state index in [0.717, 1.165) is 33.8 Å². The molecule has 0 unspecified atom stereocenters. The molecule has 1 heterocycles. The Morgan fingerprint density at radius 1 is 1.09 bits per heavy atom. The SMILES string of the molecule is Cc1ccc(-n2nc(C)c(CC(=O)NCCCS(=O)(=O)Cc3ccccc3)c2C)cc1Cl. The number of aryl methyl sites for hydroxylation is 2. The van der Waals surface area contributed by atoms with Crippen LogP contribution in [0.15, 0.2) is 48.5 Å². The van der Waals surface area contributed by atoms with E-state index in [-0.39, 0.29) is 23.8 Å². The maximum atomic E-state index is 12.5. The molecule has 8 heteroatoms. The smallest absolute Gasteiger partial charge is 0.224 e. The van der Waals surface area contributed by atoms with Crippen LogP contribution in [0.4, 0.5) is 0 Å². The molecule has 3 rings (SSSR count). The summed E-state index contributed by atoms with van der Waals surface area (Å²) in [6, 6.07) is 14.8. The minimum atomic E-state index is -3.21. The summed E-state index contributed by atoms with van der Waals surface area (Å²) in [5, 5.41) is 8.06. The average molecular weight is 474 g/mol. The molecule has 0 aliphatic carbocycles. The highest BCUT2D eigenvalue weighted by atomic mass is 35.5. The number of hydrogen-bond donors (Lipinski definition) is 1. The molecule has 0 spiro atoms. The standard InChI is InChI=1S/C24H28ClN3O3S/c1-17-10-11-21(14-23(17)25)28-19(3)22(18(2)27-28)15-24(29)26-12-7-13-32(30,31)16-20-8-5-4-6-9-20/h4-6,8-11,14H,7,12-13,15-16H2,1-3H3,(H,26,29). The van der Waals surface area contributed by atoms with Crippen LogP contribution in [0.1, 0.15) is 34.5 Å². The van der Waals surface area contributed by atoms with Crippen molar-refractivity contribution in [1.82, 2.24) is 15.1 Å². The number of sulfone groups is 1. The summed E-state index contributed by atoms with van der Waals surface area (Å²) in [6.45, 7) is 6.05. The molecule has 0 fully saturated rings. The summed E-state index contributed by atoms with van der Waals surface area (Å²) in [5.74, 6) is -0.104. The summed E-state index contributed by atoms with van der Waals surface area (Å²) in [7, 11) is -3.21. The molecule has 0 saturated carbocycles. The lowest BCUT2D eigenvalue weighted by atomic mass is 10.1.